The highest BCUT2D eigenvalue weighted by molar-refractivity contribution is 5.52. The number of nitrogens with zero attached hydrogens (tertiary/aromatic N) is 1. The van der Waals surface area contributed by atoms with Gasteiger partial charge in [-0.15, -0.1) is 0 Å². The zero-order valence-electron chi connectivity index (χ0n) is 8.44. The lowest BCUT2D eigenvalue weighted by Gasteiger charge is -2.12. The number of rotatable bonds is 2. The number of allylic oxidation sites excluding steroid dienone is 1. The van der Waals surface area contributed by atoms with Crippen molar-refractivity contribution < 1.29 is 13.2 Å². The molecule has 1 aromatic heterocycles. The van der Waals surface area contributed by atoms with Gasteiger partial charge in [0.1, 0.15) is 0 Å². The van der Waals surface area contributed by atoms with Crippen LogP contribution in [0.5, 0.6) is 0 Å². The van der Waals surface area contributed by atoms with Crippen molar-refractivity contribution in [1.82, 2.24) is 4.98 Å². The van der Waals surface area contributed by atoms with Crippen molar-refractivity contribution in [1.29, 1.82) is 0 Å². The lowest BCUT2D eigenvalue weighted by Crippen LogP contribution is -2.08. The van der Waals surface area contributed by atoms with Gasteiger partial charge in [-0.3, -0.25) is 4.98 Å². The van der Waals surface area contributed by atoms with E-state index in [0.29, 0.717) is 17.1 Å². The molecule has 1 rings (SSSR count). The maximum Gasteiger partial charge on any atom is 0.417 e. The molecule has 0 atom stereocenters. The highest BCUT2D eigenvalue weighted by atomic mass is 19.4. The molecule has 5 heteroatoms. The number of pyridine rings is 1. The quantitative estimate of drug-likeness (QED) is 0.819. The van der Waals surface area contributed by atoms with Gasteiger partial charge >= 0.3 is 6.18 Å². The van der Waals surface area contributed by atoms with Crippen LogP contribution in [0.1, 0.15) is 18.2 Å². The molecule has 1 N–H and O–H groups in total. The minimum atomic E-state index is -4.37. The minimum Gasteiger partial charge on any atom is -0.358 e. The highest BCUT2D eigenvalue weighted by Crippen LogP contribution is 2.31. The fourth-order valence-corrected chi connectivity index (χ4v) is 1.04. The number of alkyl halides is 3. The summed E-state index contributed by atoms with van der Waals surface area (Å²) in [5, 5.41) is 2.73. The van der Waals surface area contributed by atoms with Crippen LogP contribution in [-0.2, 0) is 6.18 Å². The number of hydrogen-bond donors (Lipinski definition) is 1. The van der Waals surface area contributed by atoms with Gasteiger partial charge in [-0.1, -0.05) is 6.58 Å². The van der Waals surface area contributed by atoms with Gasteiger partial charge in [0.25, 0.3) is 0 Å². The summed E-state index contributed by atoms with van der Waals surface area (Å²) in [6, 6.07) is 1.02. The van der Waals surface area contributed by atoms with E-state index in [0.717, 1.165) is 12.3 Å². The average molecular weight is 216 g/mol. The van der Waals surface area contributed by atoms with E-state index in [9.17, 15) is 13.2 Å². The molecule has 0 radical (unpaired) electrons. The van der Waals surface area contributed by atoms with E-state index >= 15 is 0 Å². The maximum atomic E-state index is 12.3. The molecule has 0 spiro atoms. The SMILES string of the molecule is C=C(C)Nc1cc(C(F)(F)F)cnc1C. The second-order valence-electron chi connectivity index (χ2n) is 3.26. The molecule has 15 heavy (non-hydrogen) atoms. The van der Waals surface area contributed by atoms with Crippen LogP contribution in [-0.4, -0.2) is 4.98 Å². The van der Waals surface area contributed by atoms with Crippen LogP contribution in [0, 0.1) is 6.92 Å². The summed E-state index contributed by atoms with van der Waals surface area (Å²) < 4.78 is 37.0. The third kappa shape index (κ3) is 2.97. The Morgan fingerprint density at radius 3 is 2.53 bits per heavy atom. The molecule has 0 unspecified atom stereocenters. The van der Waals surface area contributed by atoms with Gasteiger partial charge in [0.05, 0.1) is 16.9 Å². The summed E-state index contributed by atoms with van der Waals surface area (Å²) in [5.41, 5.74) is 0.638. The minimum absolute atomic E-state index is 0.331. The predicted octanol–water partition coefficient (Wildman–Crippen LogP) is 3.35. The third-order valence-corrected chi connectivity index (χ3v) is 1.76. The second kappa shape index (κ2) is 3.92. The van der Waals surface area contributed by atoms with E-state index in [-0.39, 0.29) is 0 Å². The molecule has 0 aromatic carbocycles. The first kappa shape index (κ1) is 11.6. The monoisotopic (exact) mass is 216 g/mol. The molecule has 0 saturated heterocycles. The number of hydrogen-bond acceptors (Lipinski definition) is 2. The van der Waals surface area contributed by atoms with Crippen molar-refractivity contribution in [2.24, 2.45) is 0 Å². The van der Waals surface area contributed by atoms with Gasteiger partial charge in [-0.2, -0.15) is 13.2 Å². The van der Waals surface area contributed by atoms with Crippen molar-refractivity contribution >= 4 is 5.69 Å². The molecule has 0 bridgehead atoms. The van der Waals surface area contributed by atoms with Gasteiger partial charge in [-0.05, 0) is 19.9 Å². The van der Waals surface area contributed by atoms with Gasteiger partial charge in [0.15, 0.2) is 0 Å². The maximum absolute atomic E-state index is 12.3. The lowest BCUT2D eigenvalue weighted by molar-refractivity contribution is -0.137. The summed E-state index contributed by atoms with van der Waals surface area (Å²) in [7, 11) is 0. The van der Waals surface area contributed by atoms with E-state index in [4.69, 9.17) is 0 Å². The van der Waals surface area contributed by atoms with Crippen molar-refractivity contribution in [3.8, 4) is 0 Å². The zero-order valence-corrected chi connectivity index (χ0v) is 8.44. The first-order valence-electron chi connectivity index (χ1n) is 4.27. The normalized spacial score (nSPS) is 11.3. The summed E-state index contributed by atoms with van der Waals surface area (Å²) >= 11 is 0. The second-order valence-corrected chi connectivity index (χ2v) is 3.26. The number of anilines is 1. The highest BCUT2D eigenvalue weighted by Gasteiger charge is 2.31. The molecule has 0 amide bonds. The Hall–Kier alpha value is -1.52. The molecule has 82 valence electrons. The van der Waals surface area contributed by atoms with Crippen LogP contribution in [0.3, 0.4) is 0 Å². The largest absolute Gasteiger partial charge is 0.417 e. The number of aromatic nitrogens is 1. The third-order valence-electron chi connectivity index (χ3n) is 1.76. The molecule has 0 fully saturated rings. The Labute approximate surface area is 85.8 Å². The van der Waals surface area contributed by atoms with E-state index in [1.807, 2.05) is 0 Å². The van der Waals surface area contributed by atoms with Gasteiger partial charge < -0.3 is 5.32 Å². The van der Waals surface area contributed by atoms with E-state index < -0.39 is 11.7 Å². The Morgan fingerprint density at radius 1 is 1.47 bits per heavy atom. The summed E-state index contributed by atoms with van der Waals surface area (Å²) in [5.74, 6) is 0. The van der Waals surface area contributed by atoms with Gasteiger partial charge in [0.2, 0.25) is 0 Å². The van der Waals surface area contributed by atoms with Crippen LogP contribution in [0.2, 0.25) is 0 Å². The fraction of sp³-hybridized carbons (Fsp3) is 0.300. The van der Waals surface area contributed by atoms with Crippen molar-refractivity contribution in [2.45, 2.75) is 20.0 Å². The molecule has 2 nitrogen and oxygen atoms in total. The van der Waals surface area contributed by atoms with Crippen LogP contribution < -0.4 is 5.32 Å². The average Bonchev–Trinajstić information content (AvgIpc) is 2.06. The summed E-state index contributed by atoms with van der Waals surface area (Å²) in [4.78, 5) is 3.67. The standard InChI is InChI=1S/C10H11F3N2/c1-6(2)15-9-4-8(10(11,12)13)5-14-7(9)3/h4-5,15H,1H2,2-3H3. The van der Waals surface area contributed by atoms with E-state index in [1.54, 1.807) is 13.8 Å². The molecular formula is C10H11F3N2. The summed E-state index contributed by atoms with van der Waals surface area (Å²) in [6.45, 7) is 6.86. The van der Waals surface area contributed by atoms with Gasteiger partial charge in [0, 0.05) is 11.9 Å². The Balaban J connectivity index is 3.11. The van der Waals surface area contributed by atoms with Crippen LogP contribution >= 0.6 is 0 Å². The molecule has 1 heterocycles. The molecule has 1 aromatic rings. The van der Waals surface area contributed by atoms with Crippen LogP contribution in [0.15, 0.2) is 24.5 Å². The number of halogens is 3. The van der Waals surface area contributed by atoms with Crippen LogP contribution in [0.25, 0.3) is 0 Å². The smallest absolute Gasteiger partial charge is 0.358 e. The first-order valence-corrected chi connectivity index (χ1v) is 4.27. The molecule has 0 aliphatic carbocycles. The molecule has 0 saturated carbocycles. The Morgan fingerprint density at radius 2 is 2.07 bits per heavy atom. The summed E-state index contributed by atoms with van der Waals surface area (Å²) in [6.07, 6.45) is -3.55. The van der Waals surface area contributed by atoms with Crippen LogP contribution in [0.4, 0.5) is 18.9 Å². The molecular weight excluding hydrogens is 205 g/mol. The number of aryl methyl sites for hydroxylation is 1. The lowest BCUT2D eigenvalue weighted by atomic mass is 10.2. The van der Waals surface area contributed by atoms with Crippen molar-refractivity contribution in [3.05, 3.63) is 35.8 Å². The fourth-order valence-electron chi connectivity index (χ4n) is 1.04. The first-order chi connectivity index (χ1) is 6.80. The molecule has 0 aliphatic heterocycles. The van der Waals surface area contributed by atoms with Gasteiger partial charge in [-0.25, -0.2) is 0 Å². The Kier molecular flexibility index (Phi) is 3.02. The predicted molar refractivity (Wildman–Crippen MR) is 52.4 cm³/mol. The number of nitrogens with one attached hydrogen (secondary N) is 1. The molecule has 0 aliphatic rings. The van der Waals surface area contributed by atoms with E-state index in [2.05, 4.69) is 16.9 Å². The Bertz CT molecular complexity index is 383. The zero-order chi connectivity index (χ0) is 11.6. The van der Waals surface area contributed by atoms with Crippen molar-refractivity contribution in [3.63, 3.8) is 0 Å². The van der Waals surface area contributed by atoms with Crippen molar-refractivity contribution in [2.75, 3.05) is 5.32 Å². The topological polar surface area (TPSA) is 24.9 Å². The van der Waals surface area contributed by atoms with E-state index in [1.165, 1.54) is 0 Å².